The molecule has 0 unspecified atom stereocenters. The first-order valence-corrected chi connectivity index (χ1v) is 8.63. The first kappa shape index (κ1) is 17.0. The van der Waals surface area contributed by atoms with Crippen LogP contribution >= 0.6 is 0 Å². The van der Waals surface area contributed by atoms with E-state index in [1.807, 2.05) is 54.6 Å². The molecule has 0 bridgehead atoms. The zero-order valence-electron chi connectivity index (χ0n) is 14.8. The fourth-order valence-corrected chi connectivity index (χ4v) is 2.89. The lowest BCUT2D eigenvalue weighted by Crippen LogP contribution is -2.20. The molecule has 0 fully saturated rings. The van der Waals surface area contributed by atoms with Gasteiger partial charge in [-0.05, 0) is 42.0 Å². The topological polar surface area (TPSA) is 70.0 Å². The SMILES string of the molecule is COc1ccc(C2=NO[C@@H](COC(=O)c3ccc4ccccc4n3)C2)cc1. The highest BCUT2D eigenvalue weighted by Gasteiger charge is 2.24. The molecule has 0 amide bonds. The third kappa shape index (κ3) is 3.74. The van der Waals surface area contributed by atoms with Crippen molar-refractivity contribution < 1.29 is 19.1 Å². The molecule has 1 aliphatic rings. The maximum absolute atomic E-state index is 12.3. The molecule has 0 N–H and O–H groups in total. The molecule has 2 aromatic carbocycles. The molecule has 0 saturated heterocycles. The van der Waals surface area contributed by atoms with Crippen molar-refractivity contribution in [2.24, 2.45) is 5.16 Å². The summed E-state index contributed by atoms with van der Waals surface area (Å²) in [5, 5.41) is 5.08. The van der Waals surface area contributed by atoms with Crippen molar-refractivity contribution in [3.05, 3.63) is 71.9 Å². The van der Waals surface area contributed by atoms with E-state index in [-0.39, 0.29) is 18.4 Å². The van der Waals surface area contributed by atoms with E-state index in [2.05, 4.69) is 10.1 Å². The van der Waals surface area contributed by atoms with Crippen LogP contribution in [0.3, 0.4) is 0 Å². The minimum Gasteiger partial charge on any atom is -0.497 e. The highest BCUT2D eigenvalue weighted by atomic mass is 16.7. The van der Waals surface area contributed by atoms with Gasteiger partial charge in [0.1, 0.15) is 18.1 Å². The Bertz CT molecular complexity index is 998. The van der Waals surface area contributed by atoms with Crippen LogP contribution in [0.5, 0.6) is 5.75 Å². The molecule has 0 saturated carbocycles. The van der Waals surface area contributed by atoms with Gasteiger partial charge in [-0.25, -0.2) is 9.78 Å². The van der Waals surface area contributed by atoms with Crippen LogP contribution in [-0.4, -0.2) is 36.5 Å². The molecule has 0 aliphatic carbocycles. The number of oxime groups is 1. The van der Waals surface area contributed by atoms with E-state index >= 15 is 0 Å². The Morgan fingerprint density at radius 1 is 1.11 bits per heavy atom. The van der Waals surface area contributed by atoms with Crippen LogP contribution in [-0.2, 0) is 9.57 Å². The van der Waals surface area contributed by atoms with E-state index < -0.39 is 5.97 Å². The minimum atomic E-state index is -0.470. The molecule has 1 aliphatic heterocycles. The van der Waals surface area contributed by atoms with E-state index in [0.29, 0.717) is 6.42 Å². The number of fused-ring (bicyclic) bond motifs is 1. The lowest BCUT2D eigenvalue weighted by atomic mass is 10.1. The molecule has 136 valence electrons. The number of carbonyl (C=O) groups excluding carboxylic acids is 1. The quantitative estimate of drug-likeness (QED) is 0.649. The monoisotopic (exact) mass is 362 g/mol. The summed E-state index contributed by atoms with van der Waals surface area (Å²) in [5.74, 6) is 0.314. The molecule has 1 atom stereocenters. The van der Waals surface area contributed by atoms with Crippen LogP contribution in [0.1, 0.15) is 22.5 Å². The van der Waals surface area contributed by atoms with Crippen LogP contribution in [0.4, 0.5) is 0 Å². The first-order chi connectivity index (χ1) is 13.2. The van der Waals surface area contributed by atoms with Crippen molar-refractivity contribution in [2.75, 3.05) is 13.7 Å². The Hall–Kier alpha value is -3.41. The predicted octanol–water partition coefficient (Wildman–Crippen LogP) is 3.59. The summed E-state index contributed by atoms with van der Waals surface area (Å²) in [5.41, 5.74) is 2.82. The van der Waals surface area contributed by atoms with Crippen LogP contribution in [0.2, 0.25) is 0 Å². The summed E-state index contributed by atoms with van der Waals surface area (Å²) >= 11 is 0. The standard InChI is InChI=1S/C21H18N2O4/c1-25-16-9-6-15(7-10-16)20-12-17(27-23-20)13-26-21(24)19-11-8-14-4-2-3-5-18(14)22-19/h2-11,17H,12-13H2,1H3/t17-/m1/s1. The zero-order chi connectivity index (χ0) is 18.6. The lowest BCUT2D eigenvalue weighted by Gasteiger charge is -2.09. The van der Waals surface area contributed by atoms with Gasteiger partial charge in [-0.15, -0.1) is 0 Å². The second kappa shape index (κ2) is 7.45. The molecule has 0 spiro atoms. The first-order valence-electron chi connectivity index (χ1n) is 8.63. The van der Waals surface area contributed by atoms with Gasteiger partial charge >= 0.3 is 5.97 Å². The van der Waals surface area contributed by atoms with Gasteiger partial charge in [-0.3, -0.25) is 0 Å². The van der Waals surface area contributed by atoms with Crippen molar-refractivity contribution in [2.45, 2.75) is 12.5 Å². The Morgan fingerprint density at radius 3 is 2.74 bits per heavy atom. The number of aromatic nitrogens is 1. The average Bonchev–Trinajstić information content (AvgIpc) is 3.21. The van der Waals surface area contributed by atoms with Gasteiger partial charge in [-0.1, -0.05) is 29.4 Å². The number of carbonyl (C=O) groups is 1. The molecule has 6 nitrogen and oxygen atoms in total. The number of pyridine rings is 1. The fraction of sp³-hybridized carbons (Fsp3) is 0.190. The van der Waals surface area contributed by atoms with E-state index in [1.54, 1.807) is 13.2 Å². The molecular weight excluding hydrogens is 344 g/mol. The van der Waals surface area contributed by atoms with Gasteiger partial charge in [0.25, 0.3) is 0 Å². The Kier molecular flexibility index (Phi) is 4.70. The fourth-order valence-electron chi connectivity index (χ4n) is 2.89. The Labute approximate surface area is 156 Å². The highest BCUT2D eigenvalue weighted by molar-refractivity contribution is 6.01. The van der Waals surface area contributed by atoms with Crippen LogP contribution in [0, 0.1) is 0 Å². The third-order valence-corrected chi connectivity index (χ3v) is 4.36. The molecule has 3 aromatic rings. The van der Waals surface area contributed by atoms with Gasteiger partial charge in [-0.2, -0.15) is 0 Å². The van der Waals surface area contributed by atoms with Crippen LogP contribution in [0.15, 0.2) is 65.8 Å². The maximum atomic E-state index is 12.3. The molecule has 6 heteroatoms. The molecule has 2 heterocycles. The number of nitrogens with zero attached hydrogens (tertiary/aromatic N) is 2. The van der Waals surface area contributed by atoms with E-state index in [4.69, 9.17) is 14.3 Å². The number of hydrogen-bond acceptors (Lipinski definition) is 6. The normalized spacial score (nSPS) is 15.9. The number of esters is 1. The van der Waals surface area contributed by atoms with E-state index in [0.717, 1.165) is 27.9 Å². The van der Waals surface area contributed by atoms with Crippen LogP contribution in [0.25, 0.3) is 10.9 Å². The number of benzene rings is 2. The van der Waals surface area contributed by atoms with Gasteiger partial charge in [0.05, 0.1) is 18.3 Å². The minimum absolute atomic E-state index is 0.122. The Morgan fingerprint density at radius 2 is 1.93 bits per heavy atom. The van der Waals surface area contributed by atoms with Gasteiger partial charge in [0.2, 0.25) is 0 Å². The van der Waals surface area contributed by atoms with Crippen molar-refractivity contribution >= 4 is 22.6 Å². The molecule has 27 heavy (non-hydrogen) atoms. The van der Waals surface area contributed by atoms with Crippen molar-refractivity contribution in [3.63, 3.8) is 0 Å². The van der Waals surface area contributed by atoms with Gasteiger partial charge in [0, 0.05) is 11.8 Å². The molecule has 1 aromatic heterocycles. The van der Waals surface area contributed by atoms with Gasteiger partial charge in [0.15, 0.2) is 6.10 Å². The number of para-hydroxylation sites is 1. The number of methoxy groups -OCH3 is 1. The second-order valence-electron chi connectivity index (χ2n) is 6.19. The predicted molar refractivity (Wildman–Crippen MR) is 101 cm³/mol. The maximum Gasteiger partial charge on any atom is 0.357 e. The number of ether oxygens (including phenoxy) is 2. The second-order valence-corrected chi connectivity index (χ2v) is 6.19. The number of hydrogen-bond donors (Lipinski definition) is 0. The van der Waals surface area contributed by atoms with E-state index in [9.17, 15) is 4.79 Å². The zero-order valence-corrected chi connectivity index (χ0v) is 14.8. The summed E-state index contributed by atoms with van der Waals surface area (Å²) in [4.78, 5) is 22.0. The van der Waals surface area contributed by atoms with Crippen molar-refractivity contribution in [1.82, 2.24) is 4.98 Å². The van der Waals surface area contributed by atoms with E-state index in [1.165, 1.54) is 0 Å². The summed E-state index contributed by atoms with van der Waals surface area (Å²) in [6, 6.07) is 18.7. The largest absolute Gasteiger partial charge is 0.497 e. The summed E-state index contributed by atoms with van der Waals surface area (Å²) in [7, 11) is 1.62. The lowest BCUT2D eigenvalue weighted by molar-refractivity contribution is 0.00647. The smallest absolute Gasteiger partial charge is 0.357 e. The van der Waals surface area contributed by atoms with Crippen molar-refractivity contribution in [1.29, 1.82) is 0 Å². The molecular formula is C21H18N2O4. The Balaban J connectivity index is 1.34. The third-order valence-electron chi connectivity index (χ3n) is 4.36. The summed E-state index contributed by atoms with van der Waals surface area (Å²) < 4.78 is 10.5. The summed E-state index contributed by atoms with van der Waals surface area (Å²) in [6.07, 6.45) is 0.275. The number of rotatable bonds is 5. The average molecular weight is 362 g/mol. The summed E-state index contributed by atoms with van der Waals surface area (Å²) in [6.45, 7) is 0.122. The van der Waals surface area contributed by atoms with Crippen molar-refractivity contribution in [3.8, 4) is 5.75 Å². The molecule has 4 rings (SSSR count). The van der Waals surface area contributed by atoms with Gasteiger partial charge < -0.3 is 14.3 Å². The van der Waals surface area contributed by atoms with Crippen LogP contribution < -0.4 is 4.74 Å². The molecule has 0 radical (unpaired) electrons. The highest BCUT2D eigenvalue weighted by Crippen LogP contribution is 2.20.